The molecule has 0 atom stereocenters. The van der Waals surface area contributed by atoms with E-state index in [4.69, 9.17) is 0 Å². The molecule has 0 saturated heterocycles. The zero-order valence-corrected chi connectivity index (χ0v) is 7.73. The van der Waals surface area contributed by atoms with Gasteiger partial charge < -0.3 is 4.98 Å². The van der Waals surface area contributed by atoms with Gasteiger partial charge >= 0.3 is 6.18 Å². The Morgan fingerprint density at radius 2 is 1.93 bits per heavy atom. The number of aromatic nitrogens is 1. The van der Waals surface area contributed by atoms with Gasteiger partial charge in [0.15, 0.2) is 0 Å². The summed E-state index contributed by atoms with van der Waals surface area (Å²) in [6.45, 7) is 3.56. The maximum atomic E-state index is 12.4. The fourth-order valence-electron chi connectivity index (χ4n) is 1.43. The van der Waals surface area contributed by atoms with E-state index in [0.29, 0.717) is 10.9 Å². The molecule has 0 radical (unpaired) electrons. The fourth-order valence-corrected chi connectivity index (χ4v) is 1.43. The maximum absolute atomic E-state index is 12.4. The van der Waals surface area contributed by atoms with Gasteiger partial charge in [-0.25, -0.2) is 0 Å². The van der Waals surface area contributed by atoms with E-state index < -0.39 is 11.9 Å². The Bertz CT molecular complexity index is 508. The van der Waals surface area contributed by atoms with E-state index in [-0.39, 0.29) is 0 Å². The van der Waals surface area contributed by atoms with Crippen molar-refractivity contribution < 1.29 is 13.2 Å². The molecule has 0 aliphatic rings. The second-order valence-corrected chi connectivity index (χ2v) is 3.23. The molecule has 0 aliphatic carbocycles. The van der Waals surface area contributed by atoms with Crippen LogP contribution in [0, 0.1) is 0 Å². The molecule has 0 bridgehead atoms. The van der Waals surface area contributed by atoms with Crippen molar-refractivity contribution in [2.45, 2.75) is 6.18 Å². The first-order chi connectivity index (χ1) is 7.00. The molecular formula is C11H8F3N. The summed E-state index contributed by atoms with van der Waals surface area (Å²) in [6, 6.07) is 6.09. The van der Waals surface area contributed by atoms with Gasteiger partial charge in [0.05, 0.1) is 0 Å². The summed E-state index contributed by atoms with van der Waals surface area (Å²) in [5.74, 6) is 0. The molecule has 1 heterocycles. The van der Waals surface area contributed by atoms with E-state index in [1.165, 1.54) is 0 Å². The van der Waals surface area contributed by atoms with Gasteiger partial charge in [0.1, 0.15) is 5.69 Å². The molecule has 2 aromatic rings. The summed E-state index contributed by atoms with van der Waals surface area (Å²) < 4.78 is 37.1. The maximum Gasteiger partial charge on any atom is 0.431 e. The molecule has 4 heteroatoms. The number of aromatic amines is 1. The third-order valence-corrected chi connectivity index (χ3v) is 2.19. The van der Waals surface area contributed by atoms with Crippen LogP contribution in [0.25, 0.3) is 17.0 Å². The minimum absolute atomic E-state index is 0.480. The fraction of sp³-hybridized carbons (Fsp3) is 0.0909. The number of fused-ring (bicyclic) bond motifs is 1. The van der Waals surface area contributed by atoms with Crippen LogP contribution in [0.2, 0.25) is 0 Å². The quantitative estimate of drug-likeness (QED) is 0.737. The van der Waals surface area contributed by atoms with E-state index in [1.807, 2.05) is 0 Å². The lowest BCUT2D eigenvalue weighted by Gasteiger charge is -2.00. The molecule has 0 saturated carbocycles. The average Bonchev–Trinajstić information content (AvgIpc) is 2.59. The summed E-state index contributed by atoms with van der Waals surface area (Å²) in [5.41, 5.74) is 0.557. The summed E-state index contributed by atoms with van der Waals surface area (Å²) in [6.07, 6.45) is -2.73. The second kappa shape index (κ2) is 3.15. The molecular weight excluding hydrogens is 203 g/mol. The predicted molar refractivity (Wildman–Crippen MR) is 53.4 cm³/mol. The van der Waals surface area contributed by atoms with Crippen molar-refractivity contribution in [1.82, 2.24) is 4.98 Å². The summed E-state index contributed by atoms with van der Waals surface area (Å²) in [5, 5.41) is 0.541. The van der Waals surface area contributed by atoms with Crippen molar-refractivity contribution >= 4 is 17.0 Å². The van der Waals surface area contributed by atoms with Gasteiger partial charge in [-0.3, -0.25) is 0 Å². The van der Waals surface area contributed by atoms with E-state index in [1.54, 1.807) is 24.3 Å². The van der Waals surface area contributed by atoms with Crippen LogP contribution in [0.1, 0.15) is 11.3 Å². The van der Waals surface area contributed by atoms with Crippen molar-refractivity contribution in [2.75, 3.05) is 0 Å². The second-order valence-electron chi connectivity index (χ2n) is 3.23. The van der Waals surface area contributed by atoms with Gasteiger partial charge in [0.2, 0.25) is 0 Å². The van der Waals surface area contributed by atoms with E-state index in [0.717, 1.165) is 11.6 Å². The number of hydrogen-bond acceptors (Lipinski definition) is 0. The monoisotopic (exact) mass is 211 g/mol. The molecule has 0 amide bonds. The van der Waals surface area contributed by atoms with Crippen molar-refractivity contribution in [1.29, 1.82) is 0 Å². The van der Waals surface area contributed by atoms with Crippen LogP contribution in [0.5, 0.6) is 0 Å². The zero-order chi connectivity index (χ0) is 11.1. The first kappa shape index (κ1) is 9.83. The third-order valence-electron chi connectivity index (χ3n) is 2.19. The minimum atomic E-state index is -4.33. The zero-order valence-electron chi connectivity index (χ0n) is 7.73. The summed E-state index contributed by atoms with van der Waals surface area (Å²) in [7, 11) is 0. The first-order valence-corrected chi connectivity index (χ1v) is 4.33. The molecule has 78 valence electrons. The van der Waals surface area contributed by atoms with Crippen LogP contribution in [-0.4, -0.2) is 4.98 Å². The molecule has 0 spiro atoms. The first-order valence-electron chi connectivity index (χ1n) is 4.33. The molecule has 1 N–H and O–H groups in total. The molecule has 1 aromatic carbocycles. The highest BCUT2D eigenvalue weighted by Crippen LogP contribution is 2.31. The Labute approximate surface area is 84.2 Å². The minimum Gasteiger partial charge on any atom is -0.351 e. The predicted octanol–water partition coefficient (Wildman–Crippen LogP) is 3.83. The van der Waals surface area contributed by atoms with Gasteiger partial charge in [0.25, 0.3) is 0 Å². The lowest BCUT2D eigenvalue weighted by molar-refractivity contribution is -0.140. The van der Waals surface area contributed by atoms with Crippen LogP contribution in [-0.2, 0) is 6.18 Å². The van der Waals surface area contributed by atoms with Crippen molar-refractivity contribution in [3.05, 3.63) is 42.1 Å². The molecule has 1 nitrogen and oxygen atoms in total. The Morgan fingerprint density at radius 1 is 1.20 bits per heavy atom. The van der Waals surface area contributed by atoms with E-state index in [9.17, 15) is 13.2 Å². The Morgan fingerprint density at radius 3 is 2.53 bits per heavy atom. The van der Waals surface area contributed by atoms with Gasteiger partial charge in [0, 0.05) is 10.9 Å². The Kier molecular flexibility index (Phi) is 2.07. The average molecular weight is 211 g/mol. The SMILES string of the molecule is C=Cc1ccc2[nH]c(C(F)(F)F)cc2c1. The van der Waals surface area contributed by atoms with Gasteiger partial charge in [-0.1, -0.05) is 18.7 Å². The molecule has 1 aromatic heterocycles. The molecule has 2 rings (SSSR count). The topological polar surface area (TPSA) is 15.8 Å². The van der Waals surface area contributed by atoms with Gasteiger partial charge in [-0.15, -0.1) is 0 Å². The van der Waals surface area contributed by atoms with E-state index in [2.05, 4.69) is 11.6 Å². The highest BCUT2D eigenvalue weighted by atomic mass is 19.4. The highest BCUT2D eigenvalue weighted by molar-refractivity contribution is 5.83. The van der Waals surface area contributed by atoms with Crippen LogP contribution >= 0.6 is 0 Å². The van der Waals surface area contributed by atoms with Crippen molar-refractivity contribution in [2.24, 2.45) is 0 Å². The number of halogens is 3. The number of hydrogen-bond donors (Lipinski definition) is 1. The summed E-state index contributed by atoms with van der Waals surface area (Å²) >= 11 is 0. The molecule has 0 fully saturated rings. The van der Waals surface area contributed by atoms with Gasteiger partial charge in [-0.2, -0.15) is 13.2 Å². The Balaban J connectivity index is 2.61. The lowest BCUT2D eigenvalue weighted by atomic mass is 10.1. The largest absolute Gasteiger partial charge is 0.431 e. The molecule has 0 aliphatic heterocycles. The standard InChI is InChI=1S/C11H8F3N/c1-2-7-3-4-9-8(5-7)6-10(15-9)11(12,13)14/h2-6,15H,1H2. The summed E-state index contributed by atoms with van der Waals surface area (Å²) in [4.78, 5) is 2.33. The van der Waals surface area contributed by atoms with E-state index >= 15 is 0 Å². The molecule has 0 unspecified atom stereocenters. The van der Waals surface area contributed by atoms with Gasteiger partial charge in [-0.05, 0) is 23.8 Å². The van der Waals surface area contributed by atoms with Crippen LogP contribution in [0.15, 0.2) is 30.8 Å². The number of alkyl halides is 3. The van der Waals surface area contributed by atoms with Crippen LogP contribution < -0.4 is 0 Å². The third kappa shape index (κ3) is 1.75. The molecule has 15 heavy (non-hydrogen) atoms. The van der Waals surface area contributed by atoms with Crippen LogP contribution in [0.4, 0.5) is 13.2 Å². The van der Waals surface area contributed by atoms with Crippen molar-refractivity contribution in [3.8, 4) is 0 Å². The lowest BCUT2D eigenvalue weighted by Crippen LogP contribution is -2.04. The highest BCUT2D eigenvalue weighted by Gasteiger charge is 2.32. The number of rotatable bonds is 1. The van der Waals surface area contributed by atoms with Crippen LogP contribution in [0.3, 0.4) is 0 Å². The van der Waals surface area contributed by atoms with Crippen molar-refractivity contribution in [3.63, 3.8) is 0 Å². The number of nitrogens with one attached hydrogen (secondary N) is 1. The number of H-pyrrole nitrogens is 1. The smallest absolute Gasteiger partial charge is 0.351 e. The normalized spacial score (nSPS) is 11.9. The number of benzene rings is 1. The Hall–Kier alpha value is -1.71.